The Morgan fingerprint density at radius 3 is 2.47 bits per heavy atom. The summed E-state index contributed by atoms with van der Waals surface area (Å²) in [5.74, 6) is 0.676. The molecule has 0 saturated heterocycles. The molecule has 1 aromatic heterocycles. The van der Waals surface area contributed by atoms with Crippen molar-refractivity contribution in [2.45, 2.75) is 39.7 Å². The number of hydrogen-bond donors (Lipinski definition) is 1. The van der Waals surface area contributed by atoms with Crippen LogP contribution in [0.15, 0.2) is 18.7 Å². The van der Waals surface area contributed by atoms with Crippen molar-refractivity contribution < 1.29 is 0 Å². The van der Waals surface area contributed by atoms with Crippen LogP contribution in [-0.2, 0) is 6.42 Å². The van der Waals surface area contributed by atoms with Crippen LogP contribution in [0.25, 0.3) is 0 Å². The Balaban J connectivity index is 2.40. The Morgan fingerprint density at radius 2 is 1.93 bits per heavy atom. The molecule has 84 valence electrons. The summed E-state index contributed by atoms with van der Waals surface area (Å²) in [5.41, 5.74) is 1.22. The zero-order valence-corrected chi connectivity index (χ0v) is 9.90. The summed E-state index contributed by atoms with van der Waals surface area (Å²) in [6, 6.07) is 0.593. The fourth-order valence-electron chi connectivity index (χ4n) is 1.71. The van der Waals surface area contributed by atoms with Crippen molar-refractivity contribution in [3.8, 4) is 0 Å². The van der Waals surface area contributed by atoms with E-state index in [2.05, 4.69) is 36.1 Å². The summed E-state index contributed by atoms with van der Waals surface area (Å²) in [6.07, 6.45) is 7.58. The van der Waals surface area contributed by atoms with Gasteiger partial charge in [0, 0.05) is 18.4 Å². The molecule has 1 atom stereocenters. The monoisotopic (exact) mass is 207 g/mol. The highest BCUT2D eigenvalue weighted by Crippen LogP contribution is 2.09. The summed E-state index contributed by atoms with van der Waals surface area (Å²) in [6.45, 7) is 7.71. The average molecular weight is 207 g/mol. The molecule has 1 heterocycles. The Kier molecular flexibility index (Phi) is 5.26. The average Bonchev–Trinajstić information content (AvgIpc) is 2.25. The van der Waals surface area contributed by atoms with Crippen molar-refractivity contribution in [1.29, 1.82) is 0 Å². The van der Waals surface area contributed by atoms with E-state index in [1.54, 1.807) is 6.33 Å². The smallest absolute Gasteiger partial charge is 0.115 e. The first-order valence-corrected chi connectivity index (χ1v) is 5.71. The lowest BCUT2D eigenvalue weighted by atomic mass is 9.97. The molecule has 0 radical (unpaired) electrons. The van der Waals surface area contributed by atoms with Gasteiger partial charge in [-0.3, -0.25) is 0 Å². The molecule has 15 heavy (non-hydrogen) atoms. The van der Waals surface area contributed by atoms with Gasteiger partial charge in [0.1, 0.15) is 6.33 Å². The van der Waals surface area contributed by atoms with E-state index >= 15 is 0 Å². The first-order chi connectivity index (χ1) is 7.24. The van der Waals surface area contributed by atoms with Gasteiger partial charge < -0.3 is 5.32 Å². The van der Waals surface area contributed by atoms with Crippen LogP contribution < -0.4 is 5.32 Å². The van der Waals surface area contributed by atoms with Gasteiger partial charge in [-0.25, -0.2) is 9.97 Å². The first-order valence-electron chi connectivity index (χ1n) is 5.71. The molecule has 3 nitrogen and oxygen atoms in total. The standard InChI is InChI=1S/C12H21N3/c1-4-15-12(10(2)3)6-5-11-7-13-9-14-8-11/h7-10,12,15H,4-6H2,1-3H3. The minimum Gasteiger partial charge on any atom is -0.314 e. The van der Waals surface area contributed by atoms with Crippen molar-refractivity contribution in [2.24, 2.45) is 5.92 Å². The van der Waals surface area contributed by atoms with Crippen LogP contribution in [0.4, 0.5) is 0 Å². The van der Waals surface area contributed by atoms with Crippen LogP contribution in [0, 0.1) is 5.92 Å². The molecular formula is C12H21N3. The fourth-order valence-corrected chi connectivity index (χ4v) is 1.71. The molecule has 0 amide bonds. The normalized spacial score (nSPS) is 13.1. The number of hydrogen-bond acceptors (Lipinski definition) is 3. The lowest BCUT2D eigenvalue weighted by molar-refractivity contribution is 0.385. The number of nitrogens with zero attached hydrogens (tertiary/aromatic N) is 2. The Hall–Kier alpha value is -0.960. The molecule has 0 aliphatic rings. The summed E-state index contributed by atoms with van der Waals surface area (Å²) in [4.78, 5) is 8.04. The molecular weight excluding hydrogens is 186 g/mol. The largest absolute Gasteiger partial charge is 0.314 e. The molecule has 0 bridgehead atoms. The molecule has 0 aliphatic heterocycles. The van der Waals surface area contributed by atoms with E-state index < -0.39 is 0 Å². The van der Waals surface area contributed by atoms with E-state index in [9.17, 15) is 0 Å². The highest BCUT2D eigenvalue weighted by molar-refractivity contribution is 5.02. The summed E-state index contributed by atoms with van der Waals surface area (Å²) in [5, 5.41) is 3.51. The van der Waals surface area contributed by atoms with E-state index in [1.807, 2.05) is 12.4 Å². The second kappa shape index (κ2) is 6.51. The van der Waals surface area contributed by atoms with Gasteiger partial charge in [-0.05, 0) is 30.9 Å². The first kappa shape index (κ1) is 12.1. The summed E-state index contributed by atoms with van der Waals surface area (Å²) >= 11 is 0. The van der Waals surface area contributed by atoms with E-state index in [0.717, 1.165) is 19.4 Å². The Labute approximate surface area is 92.3 Å². The predicted molar refractivity (Wildman–Crippen MR) is 62.7 cm³/mol. The third kappa shape index (κ3) is 4.38. The Bertz CT molecular complexity index is 259. The van der Waals surface area contributed by atoms with E-state index in [-0.39, 0.29) is 0 Å². The van der Waals surface area contributed by atoms with E-state index in [1.165, 1.54) is 5.56 Å². The SMILES string of the molecule is CCNC(CCc1cncnc1)C(C)C. The quantitative estimate of drug-likeness (QED) is 0.775. The van der Waals surface area contributed by atoms with Gasteiger partial charge in [-0.2, -0.15) is 0 Å². The summed E-state index contributed by atoms with van der Waals surface area (Å²) < 4.78 is 0. The maximum Gasteiger partial charge on any atom is 0.115 e. The third-order valence-corrected chi connectivity index (χ3v) is 2.63. The summed E-state index contributed by atoms with van der Waals surface area (Å²) in [7, 11) is 0. The zero-order valence-electron chi connectivity index (χ0n) is 9.90. The second-order valence-electron chi connectivity index (χ2n) is 4.19. The van der Waals surface area contributed by atoms with Crippen LogP contribution in [-0.4, -0.2) is 22.6 Å². The fraction of sp³-hybridized carbons (Fsp3) is 0.667. The van der Waals surface area contributed by atoms with Gasteiger partial charge in [0.05, 0.1) is 0 Å². The highest BCUT2D eigenvalue weighted by atomic mass is 14.9. The van der Waals surface area contributed by atoms with Crippen LogP contribution >= 0.6 is 0 Å². The lowest BCUT2D eigenvalue weighted by Crippen LogP contribution is -2.34. The molecule has 1 unspecified atom stereocenters. The minimum atomic E-state index is 0.593. The van der Waals surface area contributed by atoms with Gasteiger partial charge in [0.15, 0.2) is 0 Å². The minimum absolute atomic E-state index is 0.593. The van der Waals surface area contributed by atoms with Gasteiger partial charge >= 0.3 is 0 Å². The zero-order chi connectivity index (χ0) is 11.1. The van der Waals surface area contributed by atoms with Crippen LogP contribution in [0.1, 0.15) is 32.8 Å². The maximum atomic E-state index is 4.02. The van der Waals surface area contributed by atoms with E-state index in [0.29, 0.717) is 12.0 Å². The van der Waals surface area contributed by atoms with Crippen molar-refractivity contribution in [2.75, 3.05) is 6.54 Å². The topological polar surface area (TPSA) is 37.8 Å². The van der Waals surface area contributed by atoms with Gasteiger partial charge in [-0.15, -0.1) is 0 Å². The van der Waals surface area contributed by atoms with E-state index in [4.69, 9.17) is 0 Å². The molecule has 0 fully saturated rings. The second-order valence-corrected chi connectivity index (χ2v) is 4.19. The molecule has 1 aromatic rings. The van der Waals surface area contributed by atoms with Gasteiger partial charge in [0.25, 0.3) is 0 Å². The van der Waals surface area contributed by atoms with Crippen LogP contribution in [0.2, 0.25) is 0 Å². The third-order valence-electron chi connectivity index (χ3n) is 2.63. The van der Waals surface area contributed by atoms with Crippen molar-refractivity contribution in [3.05, 3.63) is 24.3 Å². The van der Waals surface area contributed by atoms with Crippen LogP contribution in [0.3, 0.4) is 0 Å². The molecule has 0 aliphatic carbocycles. The maximum absolute atomic E-state index is 4.02. The molecule has 3 heteroatoms. The number of rotatable bonds is 6. The molecule has 0 spiro atoms. The van der Waals surface area contributed by atoms with Gasteiger partial charge in [-0.1, -0.05) is 20.8 Å². The lowest BCUT2D eigenvalue weighted by Gasteiger charge is -2.21. The molecule has 1 rings (SSSR count). The van der Waals surface area contributed by atoms with Gasteiger partial charge in [0.2, 0.25) is 0 Å². The molecule has 1 N–H and O–H groups in total. The highest BCUT2D eigenvalue weighted by Gasteiger charge is 2.11. The predicted octanol–water partition coefficient (Wildman–Crippen LogP) is 2.04. The van der Waals surface area contributed by atoms with Crippen molar-refractivity contribution in [3.63, 3.8) is 0 Å². The molecule has 0 aromatic carbocycles. The molecule has 0 saturated carbocycles. The Morgan fingerprint density at radius 1 is 1.27 bits per heavy atom. The van der Waals surface area contributed by atoms with Crippen LogP contribution in [0.5, 0.6) is 0 Å². The number of aromatic nitrogens is 2. The van der Waals surface area contributed by atoms with Crippen molar-refractivity contribution >= 4 is 0 Å². The number of nitrogens with one attached hydrogen (secondary N) is 1. The van der Waals surface area contributed by atoms with Crippen molar-refractivity contribution in [1.82, 2.24) is 15.3 Å². The number of aryl methyl sites for hydroxylation is 1.